The van der Waals surface area contributed by atoms with Crippen LogP contribution in [-0.2, 0) is 6.18 Å². The molecule has 0 heterocycles. The van der Waals surface area contributed by atoms with Crippen LogP contribution in [0.15, 0.2) is 18.2 Å². The lowest BCUT2D eigenvalue weighted by Gasteiger charge is -2.19. The van der Waals surface area contributed by atoms with Crippen molar-refractivity contribution in [2.45, 2.75) is 38.9 Å². The number of alkyl halides is 3. The fourth-order valence-corrected chi connectivity index (χ4v) is 1.77. The van der Waals surface area contributed by atoms with Gasteiger partial charge in [0, 0.05) is 6.04 Å². The zero-order chi connectivity index (χ0) is 13.9. The predicted molar refractivity (Wildman–Crippen MR) is 69.7 cm³/mol. The van der Waals surface area contributed by atoms with Crippen LogP contribution in [0, 0.1) is 11.7 Å². The zero-order valence-electron chi connectivity index (χ0n) is 10.8. The Bertz CT molecular complexity index is 404. The monoisotopic (exact) mass is 299 g/mol. The molecular weight excluding hydrogens is 282 g/mol. The van der Waals surface area contributed by atoms with Crippen LogP contribution >= 0.6 is 12.4 Å². The first kappa shape index (κ1) is 18.2. The molecule has 0 unspecified atom stereocenters. The standard InChI is InChI=1S/C13H17F4N.ClH/c1-8(2)3-6-12(18)10-7-9(14)4-5-11(10)13(15,16)17;/h4-5,7-8,12H,3,6,18H2,1-2H3;1H/t12-;/m0./s1. The van der Waals surface area contributed by atoms with Crippen LogP contribution < -0.4 is 5.73 Å². The summed E-state index contributed by atoms with van der Waals surface area (Å²) in [6.07, 6.45) is -3.39. The van der Waals surface area contributed by atoms with E-state index in [0.717, 1.165) is 18.2 Å². The van der Waals surface area contributed by atoms with Gasteiger partial charge in [0.25, 0.3) is 0 Å². The SMILES string of the molecule is CC(C)CC[C@H](N)c1cc(F)ccc1C(F)(F)F.Cl. The van der Waals surface area contributed by atoms with E-state index in [0.29, 0.717) is 18.8 Å². The molecule has 1 atom stereocenters. The molecule has 0 saturated carbocycles. The third-order valence-electron chi connectivity index (χ3n) is 2.77. The van der Waals surface area contributed by atoms with Gasteiger partial charge in [0.15, 0.2) is 0 Å². The highest BCUT2D eigenvalue weighted by Gasteiger charge is 2.34. The highest BCUT2D eigenvalue weighted by atomic mass is 35.5. The summed E-state index contributed by atoms with van der Waals surface area (Å²) in [5.74, 6) is -0.350. The fraction of sp³-hybridized carbons (Fsp3) is 0.538. The Balaban J connectivity index is 0.00000324. The van der Waals surface area contributed by atoms with Gasteiger partial charge in [-0.3, -0.25) is 0 Å². The Hall–Kier alpha value is -0.810. The molecule has 6 heteroatoms. The van der Waals surface area contributed by atoms with Gasteiger partial charge in [-0.15, -0.1) is 12.4 Å². The highest BCUT2D eigenvalue weighted by Crippen LogP contribution is 2.35. The van der Waals surface area contributed by atoms with E-state index in [1.807, 2.05) is 13.8 Å². The van der Waals surface area contributed by atoms with Gasteiger partial charge in [0.2, 0.25) is 0 Å². The number of nitrogens with two attached hydrogens (primary N) is 1. The molecule has 0 bridgehead atoms. The summed E-state index contributed by atoms with van der Waals surface area (Å²) in [5.41, 5.74) is 4.73. The van der Waals surface area contributed by atoms with Crippen LogP contribution in [0.1, 0.15) is 43.9 Å². The van der Waals surface area contributed by atoms with E-state index in [9.17, 15) is 17.6 Å². The van der Waals surface area contributed by atoms with Gasteiger partial charge < -0.3 is 5.73 Å². The van der Waals surface area contributed by atoms with E-state index < -0.39 is 23.6 Å². The number of rotatable bonds is 4. The third-order valence-corrected chi connectivity index (χ3v) is 2.77. The van der Waals surface area contributed by atoms with Gasteiger partial charge in [0.05, 0.1) is 5.56 Å². The Morgan fingerprint density at radius 2 is 1.74 bits per heavy atom. The first-order valence-corrected chi connectivity index (χ1v) is 5.84. The maximum Gasteiger partial charge on any atom is 0.416 e. The van der Waals surface area contributed by atoms with E-state index in [1.54, 1.807) is 0 Å². The van der Waals surface area contributed by atoms with E-state index in [4.69, 9.17) is 5.73 Å². The fourth-order valence-electron chi connectivity index (χ4n) is 1.77. The Labute approximate surface area is 116 Å². The van der Waals surface area contributed by atoms with E-state index in [-0.39, 0.29) is 18.0 Å². The molecular formula is C13H18ClF4N. The quantitative estimate of drug-likeness (QED) is 0.801. The molecule has 0 aliphatic rings. The van der Waals surface area contributed by atoms with E-state index in [1.165, 1.54) is 0 Å². The predicted octanol–water partition coefficient (Wildman–Crippen LogP) is 4.70. The third kappa shape index (κ3) is 5.37. The van der Waals surface area contributed by atoms with Crippen molar-refractivity contribution in [1.82, 2.24) is 0 Å². The molecule has 19 heavy (non-hydrogen) atoms. The molecule has 1 aromatic rings. The van der Waals surface area contributed by atoms with Crippen molar-refractivity contribution < 1.29 is 17.6 Å². The molecule has 1 rings (SSSR count). The number of benzene rings is 1. The molecule has 0 aliphatic carbocycles. The minimum atomic E-state index is -4.50. The van der Waals surface area contributed by atoms with E-state index >= 15 is 0 Å². The van der Waals surface area contributed by atoms with E-state index in [2.05, 4.69) is 0 Å². The second-order valence-electron chi connectivity index (χ2n) is 4.81. The average molecular weight is 300 g/mol. The van der Waals surface area contributed by atoms with Crippen molar-refractivity contribution in [3.63, 3.8) is 0 Å². The lowest BCUT2D eigenvalue weighted by molar-refractivity contribution is -0.138. The minimum absolute atomic E-state index is 0. The summed E-state index contributed by atoms with van der Waals surface area (Å²) in [6, 6.07) is 1.65. The Kier molecular flexibility index (Phi) is 6.80. The smallest absolute Gasteiger partial charge is 0.324 e. The molecule has 2 N–H and O–H groups in total. The molecule has 1 aromatic carbocycles. The normalized spacial score (nSPS) is 13.3. The summed E-state index contributed by atoms with van der Waals surface area (Å²) < 4.78 is 51.4. The van der Waals surface area contributed by atoms with Crippen molar-refractivity contribution in [2.24, 2.45) is 11.7 Å². The molecule has 0 spiro atoms. The summed E-state index contributed by atoms with van der Waals surface area (Å²) in [7, 11) is 0. The summed E-state index contributed by atoms with van der Waals surface area (Å²) in [4.78, 5) is 0. The number of hydrogen-bond acceptors (Lipinski definition) is 1. The van der Waals surface area contributed by atoms with Crippen molar-refractivity contribution >= 4 is 12.4 Å². The first-order valence-electron chi connectivity index (χ1n) is 5.84. The Morgan fingerprint density at radius 1 is 1.16 bits per heavy atom. The molecule has 0 saturated heterocycles. The molecule has 1 nitrogen and oxygen atoms in total. The van der Waals surface area contributed by atoms with Crippen LogP contribution in [0.25, 0.3) is 0 Å². The lowest BCUT2D eigenvalue weighted by atomic mass is 9.94. The van der Waals surface area contributed by atoms with Crippen LogP contribution in [-0.4, -0.2) is 0 Å². The van der Waals surface area contributed by atoms with Crippen molar-refractivity contribution in [2.75, 3.05) is 0 Å². The summed E-state index contributed by atoms with van der Waals surface area (Å²) in [5, 5.41) is 0. The number of hydrogen-bond donors (Lipinski definition) is 1. The van der Waals surface area contributed by atoms with Crippen LogP contribution in [0.4, 0.5) is 17.6 Å². The van der Waals surface area contributed by atoms with Gasteiger partial charge in [-0.1, -0.05) is 13.8 Å². The molecule has 0 fully saturated rings. The molecule has 0 radical (unpaired) electrons. The van der Waals surface area contributed by atoms with Gasteiger partial charge in [0.1, 0.15) is 5.82 Å². The minimum Gasteiger partial charge on any atom is -0.324 e. The second-order valence-corrected chi connectivity index (χ2v) is 4.81. The molecule has 0 aromatic heterocycles. The van der Waals surface area contributed by atoms with Gasteiger partial charge >= 0.3 is 6.18 Å². The lowest BCUT2D eigenvalue weighted by Crippen LogP contribution is -2.18. The Morgan fingerprint density at radius 3 is 2.21 bits per heavy atom. The van der Waals surface area contributed by atoms with Crippen molar-refractivity contribution in [1.29, 1.82) is 0 Å². The van der Waals surface area contributed by atoms with Gasteiger partial charge in [-0.05, 0) is 42.5 Å². The number of halogens is 5. The van der Waals surface area contributed by atoms with Crippen molar-refractivity contribution in [3.05, 3.63) is 35.1 Å². The largest absolute Gasteiger partial charge is 0.416 e. The maximum absolute atomic E-state index is 13.1. The van der Waals surface area contributed by atoms with Crippen LogP contribution in [0.5, 0.6) is 0 Å². The zero-order valence-corrected chi connectivity index (χ0v) is 11.6. The van der Waals surface area contributed by atoms with Gasteiger partial charge in [-0.25, -0.2) is 4.39 Å². The first-order chi connectivity index (χ1) is 8.21. The molecule has 0 amide bonds. The second kappa shape index (κ2) is 7.10. The maximum atomic E-state index is 13.1. The molecule has 110 valence electrons. The average Bonchev–Trinajstić information content (AvgIpc) is 2.23. The molecule has 0 aliphatic heterocycles. The summed E-state index contributed by atoms with van der Waals surface area (Å²) in [6.45, 7) is 3.92. The van der Waals surface area contributed by atoms with Crippen LogP contribution in [0.3, 0.4) is 0 Å². The summed E-state index contributed by atoms with van der Waals surface area (Å²) >= 11 is 0. The van der Waals surface area contributed by atoms with Crippen molar-refractivity contribution in [3.8, 4) is 0 Å². The van der Waals surface area contributed by atoms with Crippen LogP contribution in [0.2, 0.25) is 0 Å². The van der Waals surface area contributed by atoms with Gasteiger partial charge in [-0.2, -0.15) is 13.2 Å². The topological polar surface area (TPSA) is 26.0 Å². The highest BCUT2D eigenvalue weighted by molar-refractivity contribution is 5.85.